The second-order valence-electron chi connectivity index (χ2n) is 6.75. The van der Waals surface area contributed by atoms with E-state index >= 15 is 0 Å². The molecule has 8 nitrogen and oxygen atoms in total. The molecule has 0 unspecified atom stereocenters. The van der Waals surface area contributed by atoms with Crippen LogP contribution in [-0.4, -0.2) is 26.0 Å². The number of fused-ring (bicyclic) bond motifs is 1. The zero-order valence-electron chi connectivity index (χ0n) is 16.1. The number of nitro groups is 1. The molecule has 156 valence electrons. The van der Waals surface area contributed by atoms with Crippen LogP contribution in [0.25, 0.3) is 21.6 Å². The molecule has 0 amide bonds. The number of aromatic nitrogens is 2. The van der Waals surface area contributed by atoms with Gasteiger partial charge >= 0.3 is 5.97 Å². The number of aromatic carboxylic acids is 1. The molecule has 0 radical (unpaired) electrons. The Morgan fingerprint density at radius 2 is 2.13 bits per heavy atom. The van der Waals surface area contributed by atoms with Crippen LogP contribution >= 0.6 is 22.9 Å². The molecule has 0 spiro atoms. The number of hydrogen-bond acceptors (Lipinski definition) is 7. The molecule has 0 atom stereocenters. The number of rotatable bonds is 6. The van der Waals surface area contributed by atoms with Gasteiger partial charge in [-0.3, -0.25) is 10.1 Å². The molecule has 4 rings (SSSR count). The van der Waals surface area contributed by atoms with Gasteiger partial charge in [0.25, 0.3) is 5.69 Å². The number of benzene rings is 2. The molecule has 0 saturated heterocycles. The Hall–Kier alpha value is -3.56. The predicted octanol–water partition coefficient (Wildman–Crippen LogP) is 5.54. The lowest BCUT2D eigenvalue weighted by Gasteiger charge is -2.16. The topological polar surface area (TPSA) is 118 Å². The van der Waals surface area contributed by atoms with Gasteiger partial charge in [-0.05, 0) is 35.6 Å². The number of carboxylic acid groups (broad SMARTS) is 1. The van der Waals surface area contributed by atoms with Crippen LogP contribution in [-0.2, 0) is 6.54 Å². The summed E-state index contributed by atoms with van der Waals surface area (Å²) in [6.07, 6.45) is 1.65. The molecule has 0 aliphatic carbocycles. The van der Waals surface area contributed by atoms with E-state index in [1.807, 2.05) is 11.4 Å². The number of nitro benzene ring substituents is 1. The van der Waals surface area contributed by atoms with Gasteiger partial charge in [-0.2, -0.15) is 0 Å². The molecule has 2 aromatic heterocycles. The number of non-ortho nitro benzene ring substituents is 1. The predicted molar refractivity (Wildman–Crippen MR) is 120 cm³/mol. The van der Waals surface area contributed by atoms with Gasteiger partial charge in [0, 0.05) is 35.8 Å². The Labute approximate surface area is 185 Å². The number of thiophene rings is 1. The molecule has 2 N–H and O–H groups in total. The maximum Gasteiger partial charge on any atom is 0.336 e. The van der Waals surface area contributed by atoms with Crippen molar-refractivity contribution in [3.05, 3.63) is 79.8 Å². The second kappa shape index (κ2) is 8.29. The molecular weight excluding hydrogens is 440 g/mol. The van der Waals surface area contributed by atoms with Crippen molar-refractivity contribution in [1.82, 2.24) is 9.97 Å². The zero-order chi connectivity index (χ0) is 22.1. The molecule has 0 saturated carbocycles. The van der Waals surface area contributed by atoms with Crippen LogP contribution < -0.4 is 5.32 Å². The minimum atomic E-state index is -1.13. The summed E-state index contributed by atoms with van der Waals surface area (Å²) in [5.41, 5.74) is 1.90. The van der Waals surface area contributed by atoms with Crippen LogP contribution in [0.1, 0.15) is 21.5 Å². The summed E-state index contributed by atoms with van der Waals surface area (Å²) in [5, 5.41) is 27.0. The summed E-state index contributed by atoms with van der Waals surface area (Å²) in [6.45, 7) is 1.88. The maximum atomic E-state index is 12.0. The fourth-order valence-electron chi connectivity index (χ4n) is 3.24. The standard InChI is InChI=1S/C21H15ClN4O4S/c1-11-17(21(27)28)15(19-24-10-13-5-6-31-20(13)25-19)8-16(18(11)22)23-9-12-3-2-4-14(7-12)26(29)30/h2-8,10,23H,9H2,1H3,(H,27,28). The van der Waals surface area contributed by atoms with Crippen LogP contribution in [0.2, 0.25) is 5.02 Å². The van der Waals surface area contributed by atoms with Crippen molar-refractivity contribution in [3.63, 3.8) is 0 Å². The van der Waals surface area contributed by atoms with Crippen molar-refractivity contribution in [3.8, 4) is 11.4 Å². The number of anilines is 1. The van der Waals surface area contributed by atoms with E-state index < -0.39 is 10.9 Å². The summed E-state index contributed by atoms with van der Waals surface area (Å²) in [4.78, 5) is 32.1. The van der Waals surface area contributed by atoms with Gasteiger partial charge < -0.3 is 10.4 Å². The SMILES string of the molecule is Cc1c(Cl)c(NCc2cccc([N+](=O)[O-])c2)cc(-c2ncc3ccsc3n2)c1C(=O)O. The third-order valence-electron chi connectivity index (χ3n) is 4.77. The van der Waals surface area contributed by atoms with Gasteiger partial charge in [-0.15, -0.1) is 11.3 Å². The summed E-state index contributed by atoms with van der Waals surface area (Å²) in [7, 11) is 0. The normalized spacial score (nSPS) is 10.9. The molecule has 4 aromatic rings. The highest BCUT2D eigenvalue weighted by Crippen LogP contribution is 2.36. The Balaban J connectivity index is 1.76. The largest absolute Gasteiger partial charge is 0.478 e. The third kappa shape index (κ3) is 4.05. The molecule has 2 heterocycles. The highest BCUT2D eigenvalue weighted by atomic mass is 35.5. The molecule has 0 fully saturated rings. The summed E-state index contributed by atoms with van der Waals surface area (Å²) >= 11 is 7.89. The van der Waals surface area contributed by atoms with E-state index in [1.165, 1.54) is 23.5 Å². The lowest BCUT2D eigenvalue weighted by Crippen LogP contribution is -2.08. The van der Waals surface area contributed by atoms with Crippen molar-refractivity contribution in [2.24, 2.45) is 0 Å². The zero-order valence-corrected chi connectivity index (χ0v) is 17.7. The Morgan fingerprint density at radius 1 is 1.32 bits per heavy atom. The number of carbonyl (C=O) groups is 1. The lowest BCUT2D eigenvalue weighted by atomic mass is 9.99. The molecule has 0 aliphatic heterocycles. The number of nitrogens with zero attached hydrogens (tertiary/aromatic N) is 3. The van der Waals surface area contributed by atoms with Crippen LogP contribution in [0.4, 0.5) is 11.4 Å². The van der Waals surface area contributed by atoms with Crippen molar-refractivity contribution >= 4 is 50.5 Å². The Bertz CT molecular complexity index is 1340. The van der Waals surface area contributed by atoms with Crippen LogP contribution in [0, 0.1) is 17.0 Å². The second-order valence-corrected chi connectivity index (χ2v) is 8.02. The van der Waals surface area contributed by atoms with Gasteiger partial charge in [-0.25, -0.2) is 14.8 Å². The van der Waals surface area contributed by atoms with Crippen LogP contribution in [0.3, 0.4) is 0 Å². The van der Waals surface area contributed by atoms with E-state index in [0.29, 0.717) is 22.4 Å². The summed E-state index contributed by atoms with van der Waals surface area (Å²) in [6, 6.07) is 9.73. The van der Waals surface area contributed by atoms with Gasteiger partial charge in [0.05, 0.1) is 21.2 Å². The monoisotopic (exact) mass is 454 g/mol. The van der Waals surface area contributed by atoms with Gasteiger partial charge in [0.2, 0.25) is 0 Å². The Morgan fingerprint density at radius 3 is 2.87 bits per heavy atom. The maximum absolute atomic E-state index is 12.0. The minimum absolute atomic E-state index is 0.0128. The van der Waals surface area contributed by atoms with E-state index in [-0.39, 0.29) is 28.6 Å². The van der Waals surface area contributed by atoms with Crippen LogP contribution in [0.5, 0.6) is 0 Å². The van der Waals surface area contributed by atoms with Crippen molar-refractivity contribution in [2.45, 2.75) is 13.5 Å². The average Bonchev–Trinajstić information content (AvgIpc) is 3.22. The third-order valence-corrected chi connectivity index (χ3v) is 6.07. The molecule has 31 heavy (non-hydrogen) atoms. The van der Waals surface area contributed by atoms with E-state index in [2.05, 4.69) is 15.3 Å². The molecule has 2 aromatic carbocycles. The fourth-order valence-corrected chi connectivity index (χ4v) is 4.19. The van der Waals surface area contributed by atoms with Crippen molar-refractivity contribution in [1.29, 1.82) is 0 Å². The molecule has 0 bridgehead atoms. The first kappa shape index (κ1) is 20.7. The first-order chi connectivity index (χ1) is 14.8. The quantitative estimate of drug-likeness (QED) is 0.290. The van der Waals surface area contributed by atoms with Gasteiger partial charge in [-0.1, -0.05) is 23.7 Å². The fraction of sp³-hybridized carbons (Fsp3) is 0.0952. The average molecular weight is 455 g/mol. The number of nitrogens with one attached hydrogen (secondary N) is 1. The van der Waals surface area contributed by atoms with E-state index in [1.54, 1.807) is 31.3 Å². The van der Waals surface area contributed by atoms with Crippen LogP contribution in [0.15, 0.2) is 48.0 Å². The Kier molecular flexibility index (Phi) is 5.53. The summed E-state index contributed by atoms with van der Waals surface area (Å²) in [5.74, 6) is -0.847. The van der Waals surface area contributed by atoms with E-state index in [4.69, 9.17) is 11.6 Å². The minimum Gasteiger partial charge on any atom is -0.478 e. The first-order valence-electron chi connectivity index (χ1n) is 9.09. The molecule has 0 aliphatic rings. The van der Waals surface area contributed by atoms with E-state index in [9.17, 15) is 20.0 Å². The molecular formula is C21H15ClN4O4S. The van der Waals surface area contributed by atoms with Gasteiger partial charge in [0.1, 0.15) is 4.83 Å². The smallest absolute Gasteiger partial charge is 0.336 e. The molecule has 10 heteroatoms. The number of halogens is 1. The lowest BCUT2D eigenvalue weighted by molar-refractivity contribution is -0.384. The first-order valence-corrected chi connectivity index (χ1v) is 10.3. The number of carboxylic acids is 1. The van der Waals surface area contributed by atoms with Crippen molar-refractivity contribution in [2.75, 3.05) is 5.32 Å². The number of hydrogen-bond donors (Lipinski definition) is 2. The van der Waals surface area contributed by atoms with Crippen molar-refractivity contribution < 1.29 is 14.8 Å². The highest BCUT2D eigenvalue weighted by Gasteiger charge is 2.22. The van der Waals surface area contributed by atoms with E-state index in [0.717, 1.165) is 10.2 Å². The van der Waals surface area contributed by atoms with Gasteiger partial charge in [0.15, 0.2) is 5.82 Å². The summed E-state index contributed by atoms with van der Waals surface area (Å²) < 4.78 is 0. The highest BCUT2D eigenvalue weighted by molar-refractivity contribution is 7.16.